The van der Waals surface area contributed by atoms with E-state index in [1.54, 1.807) is 97.1 Å². The van der Waals surface area contributed by atoms with Crippen LogP contribution in [0.2, 0.25) is 0 Å². The van der Waals surface area contributed by atoms with Crippen molar-refractivity contribution in [3.05, 3.63) is 108 Å². The average molecular weight is 662 g/mol. The number of H-pyrrole nitrogens is 1. The normalized spacial score (nSPS) is 10.8. The molecule has 49 heavy (non-hydrogen) atoms. The number of carbonyl (C=O) groups is 2. The number of ether oxygens (including phenoxy) is 4. The zero-order valence-electron chi connectivity index (χ0n) is 28.2. The summed E-state index contributed by atoms with van der Waals surface area (Å²) in [6.07, 6.45) is 9.12. The number of aromatic nitrogens is 3. The van der Waals surface area contributed by atoms with Crippen LogP contribution in [0.5, 0.6) is 23.0 Å². The van der Waals surface area contributed by atoms with Gasteiger partial charge < -0.3 is 23.9 Å². The zero-order chi connectivity index (χ0) is 34.3. The molecule has 0 atom stereocenters. The van der Waals surface area contributed by atoms with Gasteiger partial charge in [0.25, 0.3) is 0 Å². The predicted molar refractivity (Wildman–Crippen MR) is 189 cm³/mol. The van der Waals surface area contributed by atoms with Crippen molar-refractivity contribution < 1.29 is 28.5 Å². The van der Waals surface area contributed by atoms with E-state index in [2.05, 4.69) is 29.0 Å². The lowest BCUT2D eigenvalue weighted by Gasteiger charge is -2.08. The number of carbonyl (C=O) groups excluding carboxylic acids is 2. The van der Waals surface area contributed by atoms with E-state index in [9.17, 15) is 9.59 Å². The maximum atomic E-state index is 12.7. The summed E-state index contributed by atoms with van der Waals surface area (Å²) in [5.74, 6) is 2.51. The van der Waals surface area contributed by atoms with Crippen LogP contribution in [0.1, 0.15) is 85.9 Å². The number of esters is 2. The van der Waals surface area contributed by atoms with Gasteiger partial charge in [-0.05, 0) is 110 Å². The van der Waals surface area contributed by atoms with Gasteiger partial charge in [0.2, 0.25) is 0 Å². The molecule has 0 aliphatic carbocycles. The first kappa shape index (κ1) is 34.9. The molecule has 4 aromatic carbocycles. The molecule has 0 unspecified atom stereocenters. The van der Waals surface area contributed by atoms with Crippen molar-refractivity contribution in [3.63, 3.8) is 0 Å². The predicted octanol–water partition coefficient (Wildman–Crippen LogP) is 9.50. The molecular weight excluding hydrogens is 618 g/mol. The fourth-order valence-corrected chi connectivity index (χ4v) is 5.03. The Balaban J connectivity index is 1.10. The van der Waals surface area contributed by atoms with Gasteiger partial charge in [0.1, 0.15) is 23.0 Å². The van der Waals surface area contributed by atoms with E-state index in [1.165, 1.54) is 25.7 Å². The summed E-state index contributed by atoms with van der Waals surface area (Å²) in [5.41, 5.74) is 2.43. The topological polar surface area (TPSA) is 113 Å². The van der Waals surface area contributed by atoms with Crippen LogP contribution in [0.15, 0.2) is 97.1 Å². The highest BCUT2D eigenvalue weighted by Gasteiger charge is 2.13. The van der Waals surface area contributed by atoms with Crippen molar-refractivity contribution in [2.24, 2.45) is 0 Å². The van der Waals surface area contributed by atoms with Crippen molar-refractivity contribution in [1.82, 2.24) is 15.2 Å². The molecule has 1 N–H and O–H groups in total. The summed E-state index contributed by atoms with van der Waals surface area (Å²) < 4.78 is 22.6. The minimum atomic E-state index is -0.450. The number of unbranched alkanes of at least 4 members (excludes halogenated alkanes) is 6. The number of hydrogen-bond donors (Lipinski definition) is 1. The van der Waals surface area contributed by atoms with Gasteiger partial charge in [0, 0.05) is 11.1 Å². The Morgan fingerprint density at radius 1 is 0.490 bits per heavy atom. The van der Waals surface area contributed by atoms with Crippen LogP contribution in [-0.4, -0.2) is 40.3 Å². The molecule has 0 aliphatic heterocycles. The first-order chi connectivity index (χ1) is 24.0. The van der Waals surface area contributed by atoms with Gasteiger partial charge in [-0.3, -0.25) is 0 Å². The first-order valence-corrected chi connectivity index (χ1v) is 17.1. The maximum absolute atomic E-state index is 12.7. The second kappa shape index (κ2) is 18.2. The van der Waals surface area contributed by atoms with E-state index in [-0.39, 0.29) is 0 Å². The average Bonchev–Trinajstić information content (AvgIpc) is 3.63. The number of hydrogen-bond acceptors (Lipinski definition) is 8. The standard InChI is InChI=1S/C40H43N3O6/c1-3-5-7-9-27-46-33-19-15-31(16-20-33)39(44)48-35-23-11-29(12-24-35)37-41-38(43-42-37)30-13-25-36(26-14-30)49-40(45)32-17-21-34(22-18-32)47-28-10-8-6-4-2/h11-26H,3-10,27-28H2,1-2H3,(H,41,42,43). The fraction of sp³-hybridized carbons (Fsp3) is 0.300. The molecule has 1 aromatic heterocycles. The van der Waals surface area contributed by atoms with Gasteiger partial charge in [-0.15, -0.1) is 10.2 Å². The SMILES string of the molecule is CCCCCCOc1ccc(C(=O)Oc2ccc(-c3nnc(-c4ccc(OC(=O)c5ccc(OCCCCCC)cc5)cc4)[nH]3)cc2)cc1. The minimum absolute atomic E-state index is 0.414. The Labute approximate surface area is 287 Å². The van der Waals surface area contributed by atoms with Crippen LogP contribution >= 0.6 is 0 Å². The smallest absolute Gasteiger partial charge is 0.343 e. The largest absolute Gasteiger partial charge is 0.494 e. The molecule has 5 rings (SSSR count). The molecule has 0 bridgehead atoms. The Hall–Kier alpha value is -5.44. The highest BCUT2D eigenvalue weighted by molar-refractivity contribution is 5.91. The summed E-state index contributed by atoms with van der Waals surface area (Å²) in [5, 5.41) is 8.55. The molecule has 9 nitrogen and oxygen atoms in total. The third-order valence-electron chi connectivity index (χ3n) is 7.88. The fourth-order valence-electron chi connectivity index (χ4n) is 5.03. The zero-order valence-corrected chi connectivity index (χ0v) is 28.2. The molecule has 0 amide bonds. The van der Waals surface area contributed by atoms with Crippen LogP contribution in [-0.2, 0) is 0 Å². The van der Waals surface area contributed by atoms with Crippen LogP contribution in [0.3, 0.4) is 0 Å². The monoisotopic (exact) mass is 661 g/mol. The third kappa shape index (κ3) is 10.5. The van der Waals surface area contributed by atoms with Gasteiger partial charge in [0.15, 0.2) is 11.6 Å². The molecular formula is C40H43N3O6. The van der Waals surface area contributed by atoms with E-state index in [0.29, 0.717) is 47.5 Å². The van der Waals surface area contributed by atoms with E-state index < -0.39 is 11.9 Å². The highest BCUT2D eigenvalue weighted by atomic mass is 16.5. The highest BCUT2D eigenvalue weighted by Crippen LogP contribution is 2.25. The first-order valence-electron chi connectivity index (χ1n) is 17.1. The van der Waals surface area contributed by atoms with E-state index in [0.717, 1.165) is 48.3 Å². The van der Waals surface area contributed by atoms with Crippen LogP contribution in [0.25, 0.3) is 22.8 Å². The number of nitrogens with zero attached hydrogens (tertiary/aromatic N) is 2. The summed E-state index contributed by atoms with van der Waals surface area (Å²) in [4.78, 5) is 28.6. The molecule has 0 aliphatic rings. The van der Waals surface area contributed by atoms with E-state index in [4.69, 9.17) is 18.9 Å². The molecule has 1 heterocycles. The Morgan fingerprint density at radius 3 is 1.22 bits per heavy atom. The maximum Gasteiger partial charge on any atom is 0.343 e. The van der Waals surface area contributed by atoms with E-state index >= 15 is 0 Å². The second-order valence-electron chi connectivity index (χ2n) is 11.7. The molecule has 0 spiro atoms. The summed E-state index contributed by atoms with van der Waals surface area (Å²) in [6, 6.07) is 28.0. The van der Waals surface area contributed by atoms with Gasteiger partial charge in [-0.2, -0.15) is 0 Å². The van der Waals surface area contributed by atoms with Crippen molar-refractivity contribution in [1.29, 1.82) is 0 Å². The lowest BCUT2D eigenvalue weighted by atomic mass is 10.2. The van der Waals surface area contributed by atoms with Crippen molar-refractivity contribution in [2.45, 2.75) is 65.2 Å². The minimum Gasteiger partial charge on any atom is -0.494 e. The van der Waals surface area contributed by atoms with Gasteiger partial charge >= 0.3 is 11.9 Å². The van der Waals surface area contributed by atoms with Gasteiger partial charge in [-0.25, -0.2) is 9.59 Å². The molecule has 254 valence electrons. The van der Waals surface area contributed by atoms with Gasteiger partial charge in [0.05, 0.1) is 24.3 Å². The molecule has 0 radical (unpaired) electrons. The van der Waals surface area contributed by atoms with Crippen molar-refractivity contribution in [2.75, 3.05) is 13.2 Å². The van der Waals surface area contributed by atoms with Gasteiger partial charge in [-0.1, -0.05) is 52.4 Å². The molecule has 0 fully saturated rings. The molecule has 0 saturated carbocycles. The van der Waals surface area contributed by atoms with Crippen molar-refractivity contribution >= 4 is 11.9 Å². The van der Waals surface area contributed by atoms with Crippen LogP contribution in [0, 0.1) is 0 Å². The Kier molecular flexibility index (Phi) is 13.0. The van der Waals surface area contributed by atoms with Crippen LogP contribution in [0.4, 0.5) is 0 Å². The lowest BCUT2D eigenvalue weighted by Crippen LogP contribution is -2.08. The summed E-state index contributed by atoms with van der Waals surface area (Å²) in [7, 11) is 0. The molecule has 9 heteroatoms. The number of aromatic amines is 1. The Bertz CT molecular complexity index is 1620. The quantitative estimate of drug-likeness (QED) is 0.0561. The summed E-state index contributed by atoms with van der Waals surface area (Å²) >= 11 is 0. The number of nitrogens with one attached hydrogen (secondary N) is 1. The lowest BCUT2D eigenvalue weighted by molar-refractivity contribution is 0.0725. The molecule has 5 aromatic rings. The number of benzene rings is 4. The third-order valence-corrected chi connectivity index (χ3v) is 7.88. The summed E-state index contributed by atoms with van der Waals surface area (Å²) in [6.45, 7) is 5.69. The second-order valence-corrected chi connectivity index (χ2v) is 11.7. The van der Waals surface area contributed by atoms with Crippen LogP contribution < -0.4 is 18.9 Å². The van der Waals surface area contributed by atoms with Crippen molar-refractivity contribution in [3.8, 4) is 45.8 Å². The van der Waals surface area contributed by atoms with E-state index in [1.807, 2.05) is 0 Å². The Morgan fingerprint density at radius 2 is 0.857 bits per heavy atom. The molecule has 0 saturated heterocycles. The number of rotatable bonds is 18.